The Balaban J connectivity index is 3.30. The van der Waals surface area contributed by atoms with Crippen molar-refractivity contribution in [2.45, 2.75) is 31.7 Å². The van der Waals surface area contributed by atoms with Crippen LogP contribution in [0.3, 0.4) is 0 Å². The largest absolute Gasteiger partial charge is 0.398 e. The predicted octanol–water partition coefficient (Wildman–Crippen LogP) is 0.462. The number of carbonyl (C=O) groups is 1. The lowest BCUT2D eigenvalue weighted by Crippen LogP contribution is -2.42. The number of rotatable bonds is 5. The first kappa shape index (κ1) is 15.5. The summed E-state index contributed by atoms with van der Waals surface area (Å²) in [7, 11) is -3.84. The van der Waals surface area contributed by atoms with E-state index in [4.69, 9.17) is 11.5 Å². The molecule has 0 bridgehead atoms. The van der Waals surface area contributed by atoms with Crippen molar-refractivity contribution in [2.24, 2.45) is 5.73 Å². The number of hydrogen-bond acceptors (Lipinski definition) is 4. The number of nitrogens with zero attached hydrogens (tertiary/aromatic N) is 1. The van der Waals surface area contributed by atoms with Crippen molar-refractivity contribution >= 4 is 21.6 Å². The molecule has 1 amide bonds. The minimum Gasteiger partial charge on any atom is -0.398 e. The molecular formula is C12H19N3O3S. The highest BCUT2D eigenvalue weighted by atomic mass is 32.2. The summed E-state index contributed by atoms with van der Waals surface area (Å²) in [6.45, 7) is 4.79. The molecule has 6 nitrogen and oxygen atoms in total. The zero-order valence-corrected chi connectivity index (χ0v) is 12.1. The van der Waals surface area contributed by atoms with Gasteiger partial charge >= 0.3 is 0 Å². The zero-order chi connectivity index (χ0) is 14.8. The van der Waals surface area contributed by atoms with E-state index < -0.39 is 22.0 Å². The zero-order valence-electron chi connectivity index (χ0n) is 11.3. The Bertz CT molecular complexity index is 582. The number of sulfonamides is 1. The lowest BCUT2D eigenvalue weighted by molar-refractivity contribution is -0.118. The number of aryl methyl sites for hydroxylation is 1. The second-order valence-corrected chi connectivity index (χ2v) is 6.51. The first-order valence-corrected chi connectivity index (χ1v) is 7.26. The third-order valence-corrected chi connectivity index (χ3v) is 4.74. The van der Waals surface area contributed by atoms with E-state index in [-0.39, 0.29) is 17.1 Å². The van der Waals surface area contributed by atoms with E-state index in [1.807, 2.05) is 6.92 Å². The lowest BCUT2D eigenvalue weighted by atomic mass is 10.2. The molecule has 106 valence electrons. The maximum atomic E-state index is 12.5. The van der Waals surface area contributed by atoms with E-state index in [2.05, 4.69) is 0 Å². The van der Waals surface area contributed by atoms with Gasteiger partial charge < -0.3 is 11.5 Å². The average Bonchev–Trinajstić information content (AvgIpc) is 2.24. The number of hydrogen-bond donors (Lipinski definition) is 2. The Labute approximate surface area is 113 Å². The van der Waals surface area contributed by atoms with Crippen LogP contribution in [0.4, 0.5) is 5.69 Å². The summed E-state index contributed by atoms with van der Waals surface area (Å²) in [5.74, 6) is -0.706. The van der Waals surface area contributed by atoms with Crippen LogP contribution in [0.25, 0.3) is 0 Å². The maximum absolute atomic E-state index is 12.5. The van der Waals surface area contributed by atoms with Crippen LogP contribution >= 0.6 is 0 Å². The average molecular weight is 285 g/mol. The van der Waals surface area contributed by atoms with Gasteiger partial charge in [0.15, 0.2) is 0 Å². The van der Waals surface area contributed by atoms with Gasteiger partial charge in [0, 0.05) is 6.04 Å². The molecule has 0 spiro atoms. The van der Waals surface area contributed by atoms with E-state index in [1.54, 1.807) is 26.0 Å². The molecule has 0 radical (unpaired) electrons. The van der Waals surface area contributed by atoms with Gasteiger partial charge in [0.2, 0.25) is 15.9 Å². The summed E-state index contributed by atoms with van der Waals surface area (Å²) in [5.41, 5.74) is 11.9. The first-order valence-electron chi connectivity index (χ1n) is 5.82. The van der Waals surface area contributed by atoms with Gasteiger partial charge in [0.05, 0.1) is 12.2 Å². The van der Waals surface area contributed by atoms with Crippen LogP contribution in [-0.4, -0.2) is 31.2 Å². The van der Waals surface area contributed by atoms with Crippen LogP contribution in [0.5, 0.6) is 0 Å². The van der Waals surface area contributed by atoms with E-state index >= 15 is 0 Å². The Hall–Kier alpha value is -1.60. The number of amides is 1. The van der Waals surface area contributed by atoms with Crippen molar-refractivity contribution in [1.29, 1.82) is 0 Å². The Morgan fingerprint density at radius 3 is 2.37 bits per heavy atom. The summed E-state index contributed by atoms with van der Waals surface area (Å²) in [5, 5.41) is 0. The summed E-state index contributed by atoms with van der Waals surface area (Å²) in [4.78, 5) is 11.0. The minimum atomic E-state index is -3.84. The van der Waals surface area contributed by atoms with Crippen molar-refractivity contribution in [3.8, 4) is 0 Å². The summed E-state index contributed by atoms with van der Waals surface area (Å²) in [6.07, 6.45) is 0. The second kappa shape index (κ2) is 5.58. The van der Waals surface area contributed by atoms with Crippen LogP contribution in [-0.2, 0) is 14.8 Å². The molecule has 4 N–H and O–H groups in total. The number of nitrogen functional groups attached to an aromatic ring is 1. The first-order chi connectivity index (χ1) is 8.66. The molecule has 1 aromatic rings. The van der Waals surface area contributed by atoms with Crippen LogP contribution in [0.2, 0.25) is 0 Å². The maximum Gasteiger partial charge on any atom is 0.245 e. The molecule has 0 fully saturated rings. The van der Waals surface area contributed by atoms with Crippen LogP contribution in [0.15, 0.2) is 23.1 Å². The van der Waals surface area contributed by atoms with Gasteiger partial charge in [-0.05, 0) is 38.5 Å². The van der Waals surface area contributed by atoms with Crippen molar-refractivity contribution in [1.82, 2.24) is 4.31 Å². The molecule has 19 heavy (non-hydrogen) atoms. The van der Waals surface area contributed by atoms with Gasteiger partial charge in [-0.25, -0.2) is 8.42 Å². The molecule has 0 aliphatic heterocycles. The van der Waals surface area contributed by atoms with Crippen molar-refractivity contribution in [2.75, 3.05) is 12.3 Å². The fourth-order valence-electron chi connectivity index (χ4n) is 1.73. The summed E-state index contributed by atoms with van der Waals surface area (Å²) >= 11 is 0. The number of anilines is 1. The highest BCUT2D eigenvalue weighted by Gasteiger charge is 2.29. The molecule has 0 saturated heterocycles. The molecule has 0 heterocycles. The standard InChI is InChI=1S/C12H19N3O3S/c1-8(2)15(7-12(14)16)19(17,18)11-5-4-9(3)6-10(11)13/h4-6,8H,7,13H2,1-3H3,(H2,14,16). The van der Waals surface area contributed by atoms with E-state index in [9.17, 15) is 13.2 Å². The molecule has 1 aromatic carbocycles. The summed E-state index contributed by atoms with van der Waals surface area (Å²) < 4.78 is 26.0. The van der Waals surface area contributed by atoms with Crippen molar-refractivity contribution in [3.05, 3.63) is 23.8 Å². The highest BCUT2D eigenvalue weighted by Crippen LogP contribution is 2.24. The van der Waals surface area contributed by atoms with Crippen LogP contribution in [0, 0.1) is 6.92 Å². The van der Waals surface area contributed by atoms with Crippen molar-refractivity contribution < 1.29 is 13.2 Å². The molecule has 1 rings (SSSR count). The Morgan fingerprint density at radius 1 is 1.37 bits per heavy atom. The molecule has 0 unspecified atom stereocenters. The highest BCUT2D eigenvalue weighted by molar-refractivity contribution is 7.89. The number of benzene rings is 1. The number of carbonyl (C=O) groups excluding carboxylic acids is 1. The fraction of sp³-hybridized carbons (Fsp3) is 0.417. The number of nitrogens with two attached hydrogens (primary N) is 2. The Morgan fingerprint density at radius 2 is 1.95 bits per heavy atom. The van der Waals surface area contributed by atoms with Gasteiger partial charge in [0.25, 0.3) is 0 Å². The lowest BCUT2D eigenvalue weighted by Gasteiger charge is -2.25. The third-order valence-electron chi connectivity index (χ3n) is 2.64. The fourth-order valence-corrected chi connectivity index (χ4v) is 3.43. The van der Waals surface area contributed by atoms with Gasteiger partial charge in [-0.1, -0.05) is 6.07 Å². The SMILES string of the molecule is Cc1ccc(S(=O)(=O)N(CC(N)=O)C(C)C)c(N)c1. The molecule has 7 heteroatoms. The predicted molar refractivity (Wildman–Crippen MR) is 73.8 cm³/mol. The summed E-state index contributed by atoms with van der Waals surface area (Å²) in [6, 6.07) is 4.29. The second-order valence-electron chi connectivity index (χ2n) is 4.65. The molecular weight excluding hydrogens is 266 g/mol. The molecule has 0 aliphatic carbocycles. The van der Waals surface area contributed by atoms with E-state index in [0.717, 1.165) is 9.87 Å². The monoisotopic (exact) mass is 285 g/mol. The van der Waals surface area contributed by atoms with Gasteiger partial charge in [-0.2, -0.15) is 4.31 Å². The van der Waals surface area contributed by atoms with Crippen LogP contribution in [0.1, 0.15) is 19.4 Å². The van der Waals surface area contributed by atoms with Crippen LogP contribution < -0.4 is 11.5 Å². The van der Waals surface area contributed by atoms with E-state index in [1.165, 1.54) is 6.07 Å². The normalized spacial score (nSPS) is 12.1. The minimum absolute atomic E-state index is 0.00644. The number of primary amides is 1. The van der Waals surface area contributed by atoms with Gasteiger partial charge in [-0.15, -0.1) is 0 Å². The molecule has 0 atom stereocenters. The molecule has 0 aromatic heterocycles. The van der Waals surface area contributed by atoms with Gasteiger partial charge in [0.1, 0.15) is 4.90 Å². The molecule has 0 aliphatic rings. The molecule has 0 saturated carbocycles. The van der Waals surface area contributed by atoms with Crippen molar-refractivity contribution in [3.63, 3.8) is 0 Å². The van der Waals surface area contributed by atoms with E-state index in [0.29, 0.717) is 0 Å². The quantitative estimate of drug-likeness (QED) is 0.766. The third kappa shape index (κ3) is 3.45. The van der Waals surface area contributed by atoms with Gasteiger partial charge in [-0.3, -0.25) is 4.79 Å². The smallest absolute Gasteiger partial charge is 0.245 e. The Kier molecular flexibility index (Phi) is 4.54. The topological polar surface area (TPSA) is 106 Å².